The van der Waals surface area contributed by atoms with Crippen LogP contribution in [0, 0.1) is 10.1 Å². The number of nitro groups is 1. The monoisotopic (exact) mass is 287 g/mol. The predicted octanol–water partition coefficient (Wildman–Crippen LogP) is 3.34. The van der Waals surface area contributed by atoms with Gasteiger partial charge in [0.05, 0.1) is 17.1 Å². The molecule has 7 heteroatoms. The van der Waals surface area contributed by atoms with E-state index >= 15 is 0 Å². The summed E-state index contributed by atoms with van der Waals surface area (Å²) in [5, 5.41) is 14.0. The molecule has 0 bridgehead atoms. The first-order valence-corrected chi connectivity index (χ1v) is 7.26. The van der Waals surface area contributed by atoms with E-state index in [9.17, 15) is 10.1 Å². The first-order chi connectivity index (χ1) is 8.54. The van der Waals surface area contributed by atoms with Gasteiger partial charge >= 0.3 is 0 Å². The number of pyridine rings is 1. The lowest BCUT2D eigenvalue weighted by Crippen LogP contribution is -2.40. The summed E-state index contributed by atoms with van der Waals surface area (Å²) in [4.78, 5) is 14.3. The zero-order valence-corrected chi connectivity index (χ0v) is 11.6. The SMILES string of the molecule is CSC1(CNc2cc([N+](=O)[O-])cc(Cl)n2)CCC1. The molecule has 1 aromatic rings. The van der Waals surface area contributed by atoms with E-state index in [1.165, 1.54) is 31.4 Å². The Hall–Kier alpha value is -1.01. The van der Waals surface area contributed by atoms with Crippen molar-refractivity contribution in [3.05, 3.63) is 27.4 Å². The van der Waals surface area contributed by atoms with E-state index in [-0.39, 0.29) is 15.6 Å². The van der Waals surface area contributed by atoms with Gasteiger partial charge < -0.3 is 5.32 Å². The smallest absolute Gasteiger partial charge is 0.276 e. The van der Waals surface area contributed by atoms with Crippen LogP contribution in [0.2, 0.25) is 5.15 Å². The molecule has 0 atom stereocenters. The molecule has 0 saturated heterocycles. The molecule has 98 valence electrons. The van der Waals surface area contributed by atoms with Crippen molar-refractivity contribution >= 4 is 34.9 Å². The largest absolute Gasteiger partial charge is 0.368 e. The van der Waals surface area contributed by atoms with Crippen LogP contribution >= 0.6 is 23.4 Å². The Morgan fingerprint density at radius 1 is 1.61 bits per heavy atom. The molecule has 1 heterocycles. The highest BCUT2D eigenvalue weighted by atomic mass is 35.5. The van der Waals surface area contributed by atoms with E-state index < -0.39 is 4.92 Å². The second kappa shape index (κ2) is 5.32. The summed E-state index contributed by atoms with van der Waals surface area (Å²) in [5.74, 6) is 0.467. The minimum absolute atomic E-state index is 0.0377. The van der Waals surface area contributed by atoms with Gasteiger partial charge in [0.1, 0.15) is 11.0 Å². The van der Waals surface area contributed by atoms with Crippen LogP contribution in [0.25, 0.3) is 0 Å². The zero-order chi connectivity index (χ0) is 13.2. The molecule has 1 aliphatic carbocycles. The molecule has 1 aromatic heterocycles. The summed E-state index contributed by atoms with van der Waals surface area (Å²) >= 11 is 7.60. The Kier molecular flexibility index (Phi) is 3.97. The predicted molar refractivity (Wildman–Crippen MR) is 74.5 cm³/mol. The van der Waals surface area contributed by atoms with Gasteiger partial charge in [-0.2, -0.15) is 11.8 Å². The molecule has 0 aliphatic heterocycles. The van der Waals surface area contributed by atoms with E-state index in [0.29, 0.717) is 5.82 Å². The fraction of sp³-hybridized carbons (Fsp3) is 0.545. The molecule has 0 aromatic carbocycles. The maximum absolute atomic E-state index is 10.7. The summed E-state index contributed by atoms with van der Waals surface area (Å²) in [6, 6.07) is 2.67. The number of nitrogens with one attached hydrogen (secondary N) is 1. The number of anilines is 1. The van der Waals surface area contributed by atoms with E-state index in [0.717, 1.165) is 6.54 Å². The van der Waals surface area contributed by atoms with Crippen LogP contribution in [0.4, 0.5) is 11.5 Å². The standard InChI is InChI=1S/C11H14ClN3O2S/c1-18-11(3-2-4-11)7-13-10-6-8(15(16)17)5-9(12)14-10/h5-6H,2-4,7H2,1H3,(H,13,14). The Morgan fingerprint density at radius 2 is 2.33 bits per heavy atom. The van der Waals surface area contributed by atoms with Crippen molar-refractivity contribution in [2.24, 2.45) is 0 Å². The highest BCUT2D eigenvalue weighted by molar-refractivity contribution is 8.00. The minimum Gasteiger partial charge on any atom is -0.368 e. The first kappa shape index (κ1) is 13.4. The van der Waals surface area contributed by atoms with Gasteiger partial charge in [0.15, 0.2) is 0 Å². The zero-order valence-electron chi connectivity index (χ0n) is 9.98. The van der Waals surface area contributed by atoms with Crippen LogP contribution in [0.1, 0.15) is 19.3 Å². The van der Waals surface area contributed by atoms with Gasteiger partial charge in [-0.25, -0.2) is 4.98 Å². The first-order valence-electron chi connectivity index (χ1n) is 5.66. The third kappa shape index (κ3) is 2.87. The average molecular weight is 288 g/mol. The molecular formula is C11H14ClN3O2S. The second-order valence-electron chi connectivity index (χ2n) is 4.38. The van der Waals surface area contributed by atoms with Gasteiger partial charge in [0, 0.05) is 11.3 Å². The minimum atomic E-state index is -0.466. The molecule has 1 aliphatic rings. The summed E-state index contributed by atoms with van der Waals surface area (Å²) in [5.41, 5.74) is -0.0377. The third-order valence-electron chi connectivity index (χ3n) is 3.28. The maximum Gasteiger partial charge on any atom is 0.276 e. The fourth-order valence-corrected chi connectivity index (χ4v) is 3.07. The Labute approximate surface area is 114 Å². The van der Waals surface area contributed by atoms with Crippen molar-refractivity contribution in [2.75, 3.05) is 18.1 Å². The molecule has 0 spiro atoms. The summed E-state index contributed by atoms with van der Waals surface area (Å²) < 4.78 is 0.249. The fourth-order valence-electron chi connectivity index (χ4n) is 1.96. The number of nitrogens with zero attached hydrogens (tertiary/aromatic N) is 2. The number of hydrogen-bond donors (Lipinski definition) is 1. The van der Waals surface area contributed by atoms with E-state index in [1.54, 1.807) is 0 Å². The van der Waals surface area contributed by atoms with E-state index in [2.05, 4.69) is 16.6 Å². The van der Waals surface area contributed by atoms with Crippen LogP contribution in [-0.2, 0) is 0 Å². The van der Waals surface area contributed by atoms with Gasteiger partial charge in [-0.3, -0.25) is 10.1 Å². The summed E-state index contributed by atoms with van der Waals surface area (Å²) in [6.07, 6.45) is 5.67. The van der Waals surface area contributed by atoms with Crippen LogP contribution in [0.15, 0.2) is 12.1 Å². The van der Waals surface area contributed by atoms with Gasteiger partial charge in [-0.1, -0.05) is 18.0 Å². The maximum atomic E-state index is 10.7. The van der Waals surface area contributed by atoms with Crippen molar-refractivity contribution in [3.63, 3.8) is 0 Å². The van der Waals surface area contributed by atoms with Crippen LogP contribution in [0.5, 0.6) is 0 Å². The molecule has 1 fully saturated rings. The van der Waals surface area contributed by atoms with Gasteiger partial charge in [0.2, 0.25) is 0 Å². The lowest BCUT2D eigenvalue weighted by atomic mass is 9.84. The lowest BCUT2D eigenvalue weighted by Gasteiger charge is -2.40. The lowest BCUT2D eigenvalue weighted by molar-refractivity contribution is -0.384. The molecule has 5 nitrogen and oxygen atoms in total. The van der Waals surface area contributed by atoms with Gasteiger partial charge in [0.25, 0.3) is 5.69 Å². The number of aromatic nitrogens is 1. The van der Waals surface area contributed by atoms with E-state index in [4.69, 9.17) is 11.6 Å². The quantitative estimate of drug-likeness (QED) is 0.511. The Morgan fingerprint density at radius 3 is 2.83 bits per heavy atom. The topological polar surface area (TPSA) is 68.1 Å². The normalized spacial score (nSPS) is 17.0. The van der Waals surface area contributed by atoms with Crippen molar-refractivity contribution in [3.8, 4) is 0 Å². The molecule has 0 amide bonds. The van der Waals surface area contributed by atoms with Crippen molar-refractivity contribution in [1.29, 1.82) is 0 Å². The molecule has 1 N–H and O–H groups in total. The molecule has 0 radical (unpaired) electrons. The summed E-state index contributed by atoms with van der Waals surface area (Å²) in [7, 11) is 0. The van der Waals surface area contributed by atoms with Crippen molar-refractivity contribution in [1.82, 2.24) is 4.98 Å². The second-order valence-corrected chi connectivity index (χ2v) is 6.05. The number of halogens is 1. The molecule has 1 saturated carbocycles. The summed E-state index contributed by atoms with van der Waals surface area (Å²) in [6.45, 7) is 0.763. The average Bonchev–Trinajstić information content (AvgIpc) is 2.27. The Balaban J connectivity index is 2.07. The van der Waals surface area contributed by atoms with Gasteiger partial charge in [-0.15, -0.1) is 0 Å². The molecule has 18 heavy (non-hydrogen) atoms. The highest BCUT2D eigenvalue weighted by Gasteiger charge is 2.35. The number of hydrogen-bond acceptors (Lipinski definition) is 5. The third-order valence-corrected chi connectivity index (χ3v) is 4.89. The van der Waals surface area contributed by atoms with Gasteiger partial charge in [-0.05, 0) is 19.1 Å². The Bertz CT molecular complexity index is 460. The van der Waals surface area contributed by atoms with E-state index in [1.807, 2.05) is 11.8 Å². The molecular weight excluding hydrogens is 274 g/mol. The van der Waals surface area contributed by atoms with Crippen molar-refractivity contribution < 1.29 is 4.92 Å². The number of thioether (sulfide) groups is 1. The molecule has 0 unspecified atom stereocenters. The van der Waals surface area contributed by atoms with Crippen LogP contribution < -0.4 is 5.32 Å². The number of rotatable bonds is 5. The van der Waals surface area contributed by atoms with Crippen LogP contribution in [-0.4, -0.2) is 27.5 Å². The molecule has 2 rings (SSSR count). The van der Waals surface area contributed by atoms with Crippen molar-refractivity contribution in [2.45, 2.75) is 24.0 Å². The van der Waals surface area contributed by atoms with Crippen LogP contribution in [0.3, 0.4) is 0 Å². The highest BCUT2D eigenvalue weighted by Crippen LogP contribution is 2.42.